The second-order valence-electron chi connectivity index (χ2n) is 5.92. The molecule has 1 heterocycles. The van der Waals surface area contributed by atoms with Crippen LogP contribution in [-0.2, 0) is 10.0 Å². The first-order chi connectivity index (χ1) is 10.9. The van der Waals surface area contributed by atoms with Gasteiger partial charge in [0.1, 0.15) is 0 Å². The van der Waals surface area contributed by atoms with E-state index in [1.807, 2.05) is 6.92 Å². The van der Waals surface area contributed by atoms with E-state index in [-0.39, 0.29) is 10.3 Å². The molecule has 0 unspecified atom stereocenters. The molecule has 23 heavy (non-hydrogen) atoms. The van der Waals surface area contributed by atoms with Crippen molar-refractivity contribution in [2.45, 2.75) is 31.1 Å². The molecule has 0 bridgehead atoms. The maximum Gasteiger partial charge on any atom is 0.326 e. The number of fused-ring (bicyclic) bond motifs is 1. The molecule has 1 aromatic heterocycles. The van der Waals surface area contributed by atoms with Crippen molar-refractivity contribution in [3.8, 4) is 0 Å². The number of nitrogens with one attached hydrogen (secondary N) is 2. The standard InChI is InChI=1S/C15H19N3O4S/c1-2-7-18(9-10-3-4-10)23(21,22)11-5-6-13-12(8-11)14(19)17-15(20)16-13/h5-6,8,10H,2-4,7,9H2,1H3,(H2,16,17,19,20). The third-order valence-corrected chi connectivity index (χ3v) is 5.84. The highest BCUT2D eigenvalue weighted by Gasteiger charge is 2.31. The molecule has 2 aromatic rings. The summed E-state index contributed by atoms with van der Waals surface area (Å²) in [7, 11) is -3.65. The predicted molar refractivity (Wildman–Crippen MR) is 87.0 cm³/mol. The number of aromatic nitrogens is 2. The monoisotopic (exact) mass is 337 g/mol. The summed E-state index contributed by atoms with van der Waals surface area (Å²) in [4.78, 5) is 27.8. The van der Waals surface area contributed by atoms with Crippen LogP contribution in [0.15, 0.2) is 32.7 Å². The van der Waals surface area contributed by atoms with E-state index in [0.717, 1.165) is 19.3 Å². The van der Waals surface area contributed by atoms with Crippen LogP contribution in [0, 0.1) is 5.92 Å². The molecule has 0 radical (unpaired) electrons. The summed E-state index contributed by atoms with van der Waals surface area (Å²) in [5.41, 5.74) is -0.883. The number of benzene rings is 1. The lowest BCUT2D eigenvalue weighted by Gasteiger charge is -2.21. The van der Waals surface area contributed by atoms with Crippen LogP contribution in [0.25, 0.3) is 10.9 Å². The van der Waals surface area contributed by atoms with E-state index >= 15 is 0 Å². The lowest BCUT2D eigenvalue weighted by molar-refractivity contribution is 0.396. The van der Waals surface area contributed by atoms with E-state index in [1.165, 1.54) is 22.5 Å². The minimum absolute atomic E-state index is 0.0802. The van der Waals surface area contributed by atoms with Crippen molar-refractivity contribution in [1.82, 2.24) is 14.3 Å². The second-order valence-corrected chi connectivity index (χ2v) is 7.86. The third-order valence-electron chi connectivity index (χ3n) is 3.98. The normalized spacial score (nSPS) is 15.4. The van der Waals surface area contributed by atoms with Crippen LogP contribution in [-0.4, -0.2) is 35.8 Å². The smallest absolute Gasteiger partial charge is 0.307 e. The van der Waals surface area contributed by atoms with Crippen LogP contribution in [0.4, 0.5) is 0 Å². The first kappa shape index (κ1) is 15.9. The minimum atomic E-state index is -3.65. The fourth-order valence-electron chi connectivity index (χ4n) is 2.60. The van der Waals surface area contributed by atoms with Crippen LogP contribution in [0.2, 0.25) is 0 Å². The van der Waals surface area contributed by atoms with Crippen LogP contribution in [0.5, 0.6) is 0 Å². The molecule has 0 amide bonds. The molecule has 1 fully saturated rings. The van der Waals surface area contributed by atoms with Crippen molar-refractivity contribution >= 4 is 20.9 Å². The Morgan fingerprint density at radius 1 is 1.22 bits per heavy atom. The Hall–Kier alpha value is -1.93. The van der Waals surface area contributed by atoms with Gasteiger partial charge >= 0.3 is 5.69 Å². The number of aromatic amines is 2. The summed E-state index contributed by atoms with van der Waals surface area (Å²) >= 11 is 0. The minimum Gasteiger partial charge on any atom is -0.307 e. The van der Waals surface area contributed by atoms with Gasteiger partial charge in [0.15, 0.2) is 0 Å². The Balaban J connectivity index is 2.06. The molecule has 1 aliphatic rings. The van der Waals surface area contributed by atoms with Gasteiger partial charge in [-0.2, -0.15) is 4.31 Å². The van der Waals surface area contributed by atoms with E-state index in [1.54, 1.807) is 0 Å². The lowest BCUT2D eigenvalue weighted by Crippen LogP contribution is -2.33. The Morgan fingerprint density at radius 2 is 1.96 bits per heavy atom. The van der Waals surface area contributed by atoms with Crippen molar-refractivity contribution in [1.29, 1.82) is 0 Å². The van der Waals surface area contributed by atoms with Gasteiger partial charge in [0.2, 0.25) is 10.0 Å². The van der Waals surface area contributed by atoms with Gasteiger partial charge in [-0.15, -0.1) is 0 Å². The molecule has 0 aliphatic heterocycles. The summed E-state index contributed by atoms with van der Waals surface area (Å²) in [5.74, 6) is 0.441. The van der Waals surface area contributed by atoms with Crippen molar-refractivity contribution in [2.75, 3.05) is 13.1 Å². The Morgan fingerprint density at radius 3 is 2.61 bits per heavy atom. The van der Waals surface area contributed by atoms with Gasteiger partial charge in [0.25, 0.3) is 5.56 Å². The zero-order valence-corrected chi connectivity index (χ0v) is 13.6. The first-order valence-electron chi connectivity index (χ1n) is 7.68. The van der Waals surface area contributed by atoms with Crippen LogP contribution < -0.4 is 11.2 Å². The number of hydrogen-bond acceptors (Lipinski definition) is 4. The molecule has 124 valence electrons. The summed E-state index contributed by atoms with van der Waals surface area (Å²) < 4.78 is 27.2. The molecular formula is C15H19N3O4S. The van der Waals surface area contributed by atoms with E-state index in [9.17, 15) is 18.0 Å². The van der Waals surface area contributed by atoms with E-state index in [2.05, 4.69) is 9.97 Å². The maximum absolute atomic E-state index is 12.8. The van der Waals surface area contributed by atoms with Crippen molar-refractivity contribution in [2.24, 2.45) is 5.92 Å². The first-order valence-corrected chi connectivity index (χ1v) is 9.12. The lowest BCUT2D eigenvalue weighted by atomic mass is 10.2. The molecule has 0 atom stereocenters. The summed E-state index contributed by atoms with van der Waals surface area (Å²) in [6.45, 7) is 2.92. The quantitative estimate of drug-likeness (QED) is 0.821. The molecular weight excluding hydrogens is 318 g/mol. The highest BCUT2D eigenvalue weighted by Crippen LogP contribution is 2.31. The Bertz CT molecular complexity index is 941. The SMILES string of the molecule is CCCN(CC1CC1)S(=O)(=O)c1ccc2[nH]c(=O)[nH]c(=O)c2c1. The zero-order valence-electron chi connectivity index (χ0n) is 12.8. The average Bonchev–Trinajstić information content (AvgIpc) is 3.30. The fourth-order valence-corrected chi connectivity index (χ4v) is 4.24. The molecule has 2 N–H and O–H groups in total. The van der Waals surface area contributed by atoms with E-state index in [4.69, 9.17) is 0 Å². The summed E-state index contributed by atoms with van der Waals surface area (Å²) in [6, 6.07) is 4.22. The summed E-state index contributed by atoms with van der Waals surface area (Å²) in [5, 5.41) is 0.161. The Labute approximate surface area is 133 Å². The number of rotatable bonds is 6. The van der Waals surface area contributed by atoms with Gasteiger partial charge < -0.3 is 4.98 Å². The largest absolute Gasteiger partial charge is 0.326 e. The topological polar surface area (TPSA) is 103 Å². The fraction of sp³-hybridized carbons (Fsp3) is 0.467. The molecule has 1 aliphatic carbocycles. The highest BCUT2D eigenvalue weighted by atomic mass is 32.2. The van der Waals surface area contributed by atoms with Crippen LogP contribution in [0.1, 0.15) is 26.2 Å². The van der Waals surface area contributed by atoms with Gasteiger partial charge in [-0.3, -0.25) is 9.78 Å². The molecule has 8 heteroatoms. The van der Waals surface area contributed by atoms with Gasteiger partial charge in [-0.05, 0) is 43.4 Å². The molecule has 3 rings (SSSR count). The molecule has 1 aromatic carbocycles. The van der Waals surface area contributed by atoms with Gasteiger partial charge in [0, 0.05) is 13.1 Å². The van der Waals surface area contributed by atoms with Gasteiger partial charge in [-0.25, -0.2) is 13.2 Å². The molecule has 1 saturated carbocycles. The Kier molecular flexibility index (Phi) is 4.11. The van der Waals surface area contributed by atoms with Crippen molar-refractivity contribution in [3.05, 3.63) is 39.0 Å². The highest BCUT2D eigenvalue weighted by molar-refractivity contribution is 7.89. The second kappa shape index (κ2) is 5.93. The molecule has 0 saturated heterocycles. The van der Waals surface area contributed by atoms with Gasteiger partial charge in [-0.1, -0.05) is 6.92 Å². The number of H-pyrrole nitrogens is 2. The van der Waals surface area contributed by atoms with Gasteiger partial charge in [0.05, 0.1) is 15.8 Å². The third kappa shape index (κ3) is 3.23. The van der Waals surface area contributed by atoms with E-state index < -0.39 is 21.3 Å². The zero-order chi connectivity index (χ0) is 16.6. The number of sulfonamides is 1. The summed E-state index contributed by atoms with van der Waals surface area (Å²) in [6.07, 6.45) is 2.86. The van der Waals surface area contributed by atoms with Crippen LogP contribution in [0.3, 0.4) is 0 Å². The average molecular weight is 337 g/mol. The maximum atomic E-state index is 12.8. The molecule has 0 spiro atoms. The van der Waals surface area contributed by atoms with Crippen LogP contribution >= 0.6 is 0 Å². The predicted octanol–water partition coefficient (Wildman–Crippen LogP) is 1.03. The van der Waals surface area contributed by atoms with E-state index in [0.29, 0.717) is 24.5 Å². The number of hydrogen-bond donors (Lipinski definition) is 2. The van der Waals surface area contributed by atoms with Crippen molar-refractivity contribution in [3.63, 3.8) is 0 Å². The number of nitrogens with zero attached hydrogens (tertiary/aromatic N) is 1. The van der Waals surface area contributed by atoms with Crippen molar-refractivity contribution < 1.29 is 8.42 Å². The molecule has 7 nitrogen and oxygen atoms in total.